The predicted octanol–water partition coefficient (Wildman–Crippen LogP) is 7.74. The van der Waals surface area contributed by atoms with Gasteiger partial charge in [-0.2, -0.15) is 0 Å². The van der Waals surface area contributed by atoms with Crippen molar-refractivity contribution >= 4 is 17.1 Å². The summed E-state index contributed by atoms with van der Waals surface area (Å²) in [6.45, 7) is 4.38. The zero-order chi connectivity index (χ0) is 26.1. The SMILES string of the molecule is CC1(C)CC(=O)C=C([C@H]2[C@H]3C=C[C@@H]4[C@H](C3=C(c3ccccc3)c3ccccc3)[C@@]42C(=O)c2ccccc2)C1. The van der Waals surface area contributed by atoms with E-state index < -0.39 is 5.41 Å². The summed E-state index contributed by atoms with van der Waals surface area (Å²) in [5.41, 5.74) is 6.34. The highest BCUT2D eigenvalue weighted by Gasteiger charge is 2.80. The molecule has 8 rings (SSSR count). The Balaban J connectivity index is 1.49. The minimum Gasteiger partial charge on any atom is -0.295 e. The van der Waals surface area contributed by atoms with Crippen molar-refractivity contribution in [3.63, 3.8) is 0 Å². The van der Waals surface area contributed by atoms with Gasteiger partial charge in [0.25, 0.3) is 0 Å². The number of Topliss-reactive ketones (excluding diaryl/α,β-unsaturated/α-hetero) is 1. The fourth-order valence-electron chi connectivity index (χ4n) is 8.13. The summed E-state index contributed by atoms with van der Waals surface area (Å²) in [6, 6.07) is 31.1. The molecule has 0 radical (unpaired) electrons. The second-order valence-electron chi connectivity index (χ2n) is 12.3. The molecule has 0 spiro atoms. The van der Waals surface area contributed by atoms with Crippen LogP contribution in [0.1, 0.15) is 48.2 Å². The summed E-state index contributed by atoms with van der Waals surface area (Å²) in [6.07, 6.45) is 7.99. The number of allylic oxidation sites excluding steroid dienone is 5. The van der Waals surface area contributed by atoms with Crippen molar-refractivity contribution in [1.82, 2.24) is 0 Å². The summed E-state index contributed by atoms with van der Waals surface area (Å²) < 4.78 is 0. The molecule has 0 amide bonds. The third kappa shape index (κ3) is 3.32. The van der Waals surface area contributed by atoms with E-state index in [0.29, 0.717) is 6.42 Å². The van der Waals surface area contributed by atoms with Gasteiger partial charge in [-0.25, -0.2) is 0 Å². The Morgan fingerprint density at radius 2 is 1.26 bits per heavy atom. The Bertz CT molecular complexity index is 1480. The van der Waals surface area contributed by atoms with Crippen LogP contribution in [-0.4, -0.2) is 11.6 Å². The minimum absolute atomic E-state index is 0.0103. The van der Waals surface area contributed by atoms with Crippen LogP contribution in [-0.2, 0) is 4.79 Å². The van der Waals surface area contributed by atoms with E-state index in [1.807, 2.05) is 36.4 Å². The molecule has 4 bridgehead atoms. The Hall–Kier alpha value is -3.78. The number of hydrogen-bond donors (Lipinski definition) is 0. The van der Waals surface area contributed by atoms with Crippen molar-refractivity contribution in [3.05, 3.63) is 137 Å². The summed E-state index contributed by atoms with van der Waals surface area (Å²) in [5.74, 6) is 0.839. The molecule has 188 valence electrons. The van der Waals surface area contributed by atoms with Gasteiger partial charge in [0.05, 0.1) is 5.41 Å². The highest BCUT2D eigenvalue weighted by molar-refractivity contribution is 6.07. The molecule has 0 aliphatic heterocycles. The first-order valence-corrected chi connectivity index (χ1v) is 13.8. The van der Waals surface area contributed by atoms with Crippen LogP contribution in [0.25, 0.3) is 5.57 Å². The average Bonchev–Trinajstić information content (AvgIpc) is 3.54. The highest BCUT2D eigenvalue weighted by Crippen LogP contribution is 2.81. The van der Waals surface area contributed by atoms with Crippen molar-refractivity contribution in [1.29, 1.82) is 0 Å². The maximum atomic E-state index is 14.6. The van der Waals surface area contributed by atoms with Gasteiger partial charge in [0.15, 0.2) is 11.6 Å². The molecule has 5 atom stereocenters. The zero-order valence-electron chi connectivity index (χ0n) is 21.9. The molecule has 2 heteroatoms. The van der Waals surface area contributed by atoms with Crippen molar-refractivity contribution in [2.75, 3.05) is 0 Å². The van der Waals surface area contributed by atoms with E-state index in [4.69, 9.17) is 0 Å². The standard InChI is InChI=1S/C36H32O2/c1-35(2)21-26(20-27(37)22-35)32-28-18-19-29-33(36(29,32)34(38)25-16-10-5-11-17-25)31(28)30(23-12-6-3-7-13-23)24-14-8-4-9-15-24/h3-20,28-29,32-33H,21-22H2,1-2H3/t28-,29+,32-,33+,36+/m0/s1. The van der Waals surface area contributed by atoms with Crippen LogP contribution < -0.4 is 0 Å². The summed E-state index contributed by atoms with van der Waals surface area (Å²) >= 11 is 0. The minimum atomic E-state index is -0.523. The van der Waals surface area contributed by atoms with Gasteiger partial charge in [-0.3, -0.25) is 9.59 Å². The second-order valence-corrected chi connectivity index (χ2v) is 12.3. The zero-order valence-corrected chi connectivity index (χ0v) is 21.9. The highest BCUT2D eigenvalue weighted by atomic mass is 16.1. The molecule has 0 N–H and O–H groups in total. The van der Waals surface area contributed by atoms with E-state index >= 15 is 0 Å². The molecule has 3 aromatic rings. The maximum absolute atomic E-state index is 14.6. The van der Waals surface area contributed by atoms with Crippen LogP contribution in [0.4, 0.5) is 0 Å². The summed E-state index contributed by atoms with van der Waals surface area (Å²) in [7, 11) is 0. The quantitative estimate of drug-likeness (QED) is 0.267. The second kappa shape index (κ2) is 8.36. The van der Waals surface area contributed by atoms with Gasteiger partial charge < -0.3 is 0 Å². The fourth-order valence-corrected chi connectivity index (χ4v) is 8.13. The maximum Gasteiger partial charge on any atom is 0.170 e. The topological polar surface area (TPSA) is 34.1 Å². The third-order valence-electron chi connectivity index (χ3n) is 9.33. The molecule has 38 heavy (non-hydrogen) atoms. The van der Waals surface area contributed by atoms with Crippen LogP contribution in [0.2, 0.25) is 0 Å². The van der Waals surface area contributed by atoms with E-state index in [2.05, 4.69) is 86.7 Å². The van der Waals surface area contributed by atoms with Crippen molar-refractivity contribution in [2.24, 2.45) is 34.5 Å². The Morgan fingerprint density at radius 1 is 0.711 bits per heavy atom. The van der Waals surface area contributed by atoms with Crippen molar-refractivity contribution in [3.8, 4) is 0 Å². The summed E-state index contributed by atoms with van der Waals surface area (Å²) in [5, 5.41) is 0. The van der Waals surface area contributed by atoms with Gasteiger partial charge in [0, 0.05) is 29.7 Å². The third-order valence-corrected chi connectivity index (χ3v) is 9.33. The summed E-state index contributed by atoms with van der Waals surface area (Å²) in [4.78, 5) is 27.6. The van der Waals surface area contributed by atoms with E-state index in [0.717, 1.165) is 12.0 Å². The molecule has 0 saturated heterocycles. The normalized spacial score (nSPS) is 30.1. The molecule has 0 unspecified atom stereocenters. The molecule has 0 aromatic heterocycles. The molecular formula is C36H32O2. The Kier molecular flexibility index (Phi) is 5.14. The average molecular weight is 497 g/mol. The van der Waals surface area contributed by atoms with Crippen LogP contribution in [0.5, 0.6) is 0 Å². The van der Waals surface area contributed by atoms with Crippen molar-refractivity contribution < 1.29 is 9.59 Å². The fraction of sp³-hybridized carbons (Fsp3) is 0.278. The number of ketones is 2. The number of benzene rings is 3. The lowest BCUT2D eigenvalue weighted by molar-refractivity contribution is -0.117. The monoisotopic (exact) mass is 496 g/mol. The number of carbonyl (C=O) groups excluding carboxylic acids is 2. The molecule has 5 aliphatic carbocycles. The molecule has 2 fully saturated rings. The van der Waals surface area contributed by atoms with E-state index in [1.165, 1.54) is 27.8 Å². The van der Waals surface area contributed by atoms with E-state index in [1.54, 1.807) is 0 Å². The van der Waals surface area contributed by atoms with Crippen LogP contribution >= 0.6 is 0 Å². The number of hydrogen-bond acceptors (Lipinski definition) is 2. The smallest absolute Gasteiger partial charge is 0.170 e. The van der Waals surface area contributed by atoms with Gasteiger partial charge in [0.1, 0.15) is 0 Å². The molecule has 5 aliphatic rings. The molecular weight excluding hydrogens is 464 g/mol. The van der Waals surface area contributed by atoms with E-state index in [-0.39, 0.29) is 40.7 Å². The molecule has 3 aromatic carbocycles. The van der Waals surface area contributed by atoms with Gasteiger partial charge in [-0.05, 0) is 46.1 Å². The molecule has 2 saturated carbocycles. The van der Waals surface area contributed by atoms with Gasteiger partial charge >= 0.3 is 0 Å². The number of carbonyl (C=O) groups is 2. The Morgan fingerprint density at radius 3 is 1.82 bits per heavy atom. The largest absolute Gasteiger partial charge is 0.295 e. The lowest BCUT2D eigenvalue weighted by atomic mass is 9.63. The van der Waals surface area contributed by atoms with Gasteiger partial charge in [-0.1, -0.05) is 123 Å². The lowest BCUT2D eigenvalue weighted by Crippen LogP contribution is -2.36. The first-order valence-electron chi connectivity index (χ1n) is 13.8. The number of rotatable bonds is 5. The van der Waals surface area contributed by atoms with Crippen LogP contribution in [0.3, 0.4) is 0 Å². The van der Waals surface area contributed by atoms with Gasteiger partial charge in [-0.15, -0.1) is 0 Å². The van der Waals surface area contributed by atoms with E-state index in [9.17, 15) is 9.59 Å². The van der Waals surface area contributed by atoms with Crippen LogP contribution in [0, 0.1) is 34.5 Å². The Labute approximate surface area is 224 Å². The molecule has 0 heterocycles. The molecule has 2 nitrogen and oxygen atoms in total. The van der Waals surface area contributed by atoms with Crippen molar-refractivity contribution in [2.45, 2.75) is 26.7 Å². The predicted molar refractivity (Wildman–Crippen MR) is 151 cm³/mol. The first-order chi connectivity index (χ1) is 18.4. The lowest BCUT2D eigenvalue weighted by Gasteiger charge is -2.39. The van der Waals surface area contributed by atoms with Crippen LogP contribution in [0.15, 0.2) is 120 Å². The van der Waals surface area contributed by atoms with Gasteiger partial charge in [0.2, 0.25) is 0 Å². The first kappa shape index (κ1) is 23.3.